The average molecular weight is 255 g/mol. The average Bonchev–Trinajstić information content (AvgIpc) is 2.29. The highest BCUT2D eigenvalue weighted by molar-refractivity contribution is 6.30. The largest absolute Gasteiger partial charge is 0.377 e. The first-order chi connectivity index (χ1) is 8.20. The van der Waals surface area contributed by atoms with Gasteiger partial charge < -0.3 is 4.74 Å². The molecular formula is C13H19ClN2O. The van der Waals surface area contributed by atoms with E-state index in [1.807, 2.05) is 24.3 Å². The summed E-state index contributed by atoms with van der Waals surface area (Å²) in [5.41, 5.74) is 4.03. The lowest BCUT2D eigenvalue weighted by Crippen LogP contribution is -2.59. The molecular weight excluding hydrogens is 236 g/mol. The Balaban J connectivity index is 2.07. The fraction of sp³-hybridized carbons (Fsp3) is 0.538. The topological polar surface area (TPSA) is 47.3 Å². The van der Waals surface area contributed by atoms with Gasteiger partial charge in [0.2, 0.25) is 0 Å². The van der Waals surface area contributed by atoms with Gasteiger partial charge in [-0.05, 0) is 43.4 Å². The Labute approximate surface area is 107 Å². The summed E-state index contributed by atoms with van der Waals surface area (Å²) < 4.78 is 5.65. The van der Waals surface area contributed by atoms with Crippen molar-refractivity contribution in [1.29, 1.82) is 0 Å². The van der Waals surface area contributed by atoms with Crippen LogP contribution in [-0.2, 0) is 11.2 Å². The van der Waals surface area contributed by atoms with Crippen LogP contribution >= 0.6 is 11.6 Å². The maximum absolute atomic E-state index is 5.87. The molecule has 0 spiro atoms. The molecule has 0 bridgehead atoms. The number of hydrazine groups is 1. The van der Waals surface area contributed by atoms with Crippen LogP contribution < -0.4 is 11.3 Å². The number of halogens is 1. The number of hydrogen-bond donors (Lipinski definition) is 2. The predicted octanol–water partition coefficient (Wildman–Crippen LogP) is 2.28. The standard InChI is InChI=1S/C13H19ClN2O/c1-17-13(7-2-8-13)12(16-15)9-10-3-5-11(14)6-4-10/h3-6,12,16H,2,7-9,15H2,1H3. The Bertz CT molecular complexity index is 357. The van der Waals surface area contributed by atoms with Gasteiger partial charge in [0.05, 0.1) is 11.6 Å². The Hall–Kier alpha value is -0.610. The summed E-state index contributed by atoms with van der Waals surface area (Å²) >= 11 is 5.87. The van der Waals surface area contributed by atoms with E-state index in [0.29, 0.717) is 0 Å². The second-order valence-electron chi connectivity index (χ2n) is 4.67. The minimum atomic E-state index is -0.0889. The molecule has 3 nitrogen and oxygen atoms in total. The molecule has 1 atom stereocenters. The van der Waals surface area contributed by atoms with Crippen molar-refractivity contribution in [2.45, 2.75) is 37.3 Å². The van der Waals surface area contributed by atoms with Gasteiger partial charge >= 0.3 is 0 Å². The Morgan fingerprint density at radius 2 is 2.06 bits per heavy atom. The smallest absolute Gasteiger partial charge is 0.0847 e. The highest BCUT2D eigenvalue weighted by Crippen LogP contribution is 2.38. The number of benzene rings is 1. The zero-order valence-electron chi connectivity index (χ0n) is 10.1. The van der Waals surface area contributed by atoms with Crippen LogP contribution in [0.5, 0.6) is 0 Å². The van der Waals surface area contributed by atoms with Crippen LogP contribution in [0.15, 0.2) is 24.3 Å². The molecule has 2 rings (SSSR count). The van der Waals surface area contributed by atoms with Crippen molar-refractivity contribution >= 4 is 11.6 Å². The van der Waals surface area contributed by atoms with Crippen molar-refractivity contribution in [3.8, 4) is 0 Å². The van der Waals surface area contributed by atoms with Gasteiger partial charge in [-0.25, -0.2) is 0 Å². The van der Waals surface area contributed by atoms with E-state index in [0.717, 1.165) is 24.3 Å². The summed E-state index contributed by atoms with van der Waals surface area (Å²) in [5.74, 6) is 5.67. The fourth-order valence-electron chi connectivity index (χ4n) is 2.47. The lowest BCUT2D eigenvalue weighted by molar-refractivity contribution is -0.0982. The lowest BCUT2D eigenvalue weighted by atomic mass is 9.73. The fourth-order valence-corrected chi connectivity index (χ4v) is 2.60. The van der Waals surface area contributed by atoms with Gasteiger partial charge in [-0.1, -0.05) is 23.7 Å². The van der Waals surface area contributed by atoms with E-state index in [-0.39, 0.29) is 11.6 Å². The van der Waals surface area contributed by atoms with Crippen LogP contribution in [0, 0.1) is 0 Å². The van der Waals surface area contributed by atoms with Crippen LogP contribution in [0.2, 0.25) is 5.02 Å². The van der Waals surface area contributed by atoms with Crippen molar-refractivity contribution in [2.75, 3.05) is 7.11 Å². The van der Waals surface area contributed by atoms with Crippen LogP contribution in [-0.4, -0.2) is 18.8 Å². The molecule has 17 heavy (non-hydrogen) atoms. The van der Waals surface area contributed by atoms with E-state index in [4.69, 9.17) is 22.2 Å². The number of rotatable bonds is 5. The summed E-state index contributed by atoms with van der Waals surface area (Å²) in [7, 11) is 1.77. The molecule has 3 N–H and O–H groups in total. The first kappa shape index (κ1) is 12.8. The first-order valence-electron chi connectivity index (χ1n) is 5.96. The number of hydrogen-bond acceptors (Lipinski definition) is 3. The van der Waals surface area contributed by atoms with Crippen molar-refractivity contribution in [2.24, 2.45) is 5.84 Å². The third-order valence-corrected chi connectivity index (χ3v) is 4.05. The minimum absolute atomic E-state index is 0.0889. The van der Waals surface area contributed by atoms with Gasteiger partial charge in [0.1, 0.15) is 0 Å². The van der Waals surface area contributed by atoms with E-state index in [1.54, 1.807) is 7.11 Å². The number of nitrogens with one attached hydrogen (secondary N) is 1. The number of nitrogens with two attached hydrogens (primary N) is 1. The van der Waals surface area contributed by atoms with Gasteiger partial charge in [0, 0.05) is 12.1 Å². The monoisotopic (exact) mass is 254 g/mol. The van der Waals surface area contributed by atoms with Gasteiger partial charge in [0.15, 0.2) is 0 Å². The summed E-state index contributed by atoms with van der Waals surface area (Å²) in [6.07, 6.45) is 4.23. The van der Waals surface area contributed by atoms with Crippen molar-refractivity contribution < 1.29 is 4.74 Å². The minimum Gasteiger partial charge on any atom is -0.377 e. The second kappa shape index (κ2) is 5.36. The molecule has 1 aromatic rings. The molecule has 1 aromatic carbocycles. The Morgan fingerprint density at radius 1 is 1.41 bits per heavy atom. The molecule has 0 heterocycles. The zero-order chi connectivity index (χ0) is 12.3. The highest BCUT2D eigenvalue weighted by atomic mass is 35.5. The molecule has 0 aliphatic heterocycles. The number of methoxy groups -OCH3 is 1. The third kappa shape index (κ3) is 2.63. The Morgan fingerprint density at radius 3 is 2.47 bits per heavy atom. The third-order valence-electron chi connectivity index (χ3n) is 3.80. The van der Waals surface area contributed by atoms with E-state index < -0.39 is 0 Å². The van der Waals surface area contributed by atoms with Crippen LogP contribution in [0.25, 0.3) is 0 Å². The van der Waals surface area contributed by atoms with Crippen molar-refractivity contribution in [3.05, 3.63) is 34.9 Å². The Kier molecular flexibility index (Phi) is 4.05. The molecule has 0 radical (unpaired) electrons. The van der Waals surface area contributed by atoms with E-state index in [2.05, 4.69) is 5.43 Å². The molecule has 1 aliphatic carbocycles. The van der Waals surface area contributed by atoms with E-state index >= 15 is 0 Å². The second-order valence-corrected chi connectivity index (χ2v) is 5.11. The molecule has 1 aliphatic rings. The molecule has 1 saturated carbocycles. The molecule has 0 saturated heterocycles. The molecule has 0 amide bonds. The van der Waals surface area contributed by atoms with Crippen molar-refractivity contribution in [3.63, 3.8) is 0 Å². The lowest BCUT2D eigenvalue weighted by Gasteiger charge is -2.46. The predicted molar refractivity (Wildman–Crippen MR) is 69.9 cm³/mol. The van der Waals surface area contributed by atoms with Crippen LogP contribution in [0.4, 0.5) is 0 Å². The van der Waals surface area contributed by atoms with E-state index in [1.165, 1.54) is 12.0 Å². The summed E-state index contributed by atoms with van der Waals surface area (Å²) in [5, 5.41) is 0.760. The van der Waals surface area contributed by atoms with Crippen LogP contribution in [0.1, 0.15) is 24.8 Å². The maximum atomic E-state index is 5.87. The van der Waals surface area contributed by atoms with Gasteiger partial charge in [0.25, 0.3) is 0 Å². The molecule has 94 valence electrons. The molecule has 4 heteroatoms. The van der Waals surface area contributed by atoms with Gasteiger partial charge in [-0.2, -0.15) is 0 Å². The normalized spacial score (nSPS) is 19.7. The van der Waals surface area contributed by atoms with E-state index in [9.17, 15) is 0 Å². The first-order valence-corrected chi connectivity index (χ1v) is 6.34. The molecule has 1 unspecified atom stereocenters. The summed E-state index contributed by atoms with van der Waals surface area (Å²) in [6, 6.07) is 8.04. The quantitative estimate of drug-likeness (QED) is 0.626. The summed E-state index contributed by atoms with van der Waals surface area (Å²) in [6.45, 7) is 0. The highest BCUT2D eigenvalue weighted by Gasteiger charge is 2.43. The van der Waals surface area contributed by atoms with Gasteiger partial charge in [-0.3, -0.25) is 11.3 Å². The summed E-state index contributed by atoms with van der Waals surface area (Å²) in [4.78, 5) is 0. The maximum Gasteiger partial charge on any atom is 0.0847 e. The van der Waals surface area contributed by atoms with Gasteiger partial charge in [-0.15, -0.1) is 0 Å². The van der Waals surface area contributed by atoms with Crippen molar-refractivity contribution in [1.82, 2.24) is 5.43 Å². The molecule has 0 aromatic heterocycles. The number of ether oxygens (including phenoxy) is 1. The molecule has 1 fully saturated rings. The zero-order valence-corrected chi connectivity index (χ0v) is 10.8. The van der Waals surface area contributed by atoms with Crippen LogP contribution in [0.3, 0.4) is 0 Å². The SMILES string of the molecule is COC1(C(Cc2ccc(Cl)cc2)NN)CCC1.